The summed E-state index contributed by atoms with van der Waals surface area (Å²) >= 11 is 1.51. The van der Waals surface area contributed by atoms with Crippen LogP contribution < -0.4 is 5.56 Å². The Hall–Kier alpha value is -2.27. The maximum Gasteiger partial charge on any atom is 0.271 e. The molecule has 0 saturated carbocycles. The molecule has 0 aliphatic carbocycles. The number of hydrogen-bond donors (Lipinski definition) is 2. The monoisotopic (exact) mass is 284 g/mol. The summed E-state index contributed by atoms with van der Waals surface area (Å²) in [6.45, 7) is 0. The molecule has 5 heteroatoms. The minimum atomic E-state index is -0.157. The van der Waals surface area contributed by atoms with Gasteiger partial charge in [-0.2, -0.15) is 0 Å². The van der Waals surface area contributed by atoms with E-state index < -0.39 is 0 Å². The van der Waals surface area contributed by atoms with Crippen LogP contribution >= 0.6 is 11.8 Å². The number of rotatable bonds is 3. The van der Waals surface area contributed by atoms with Gasteiger partial charge in [-0.05, 0) is 36.4 Å². The Balaban J connectivity index is 1.85. The molecule has 3 aromatic rings. The van der Waals surface area contributed by atoms with Crippen molar-refractivity contribution in [3.63, 3.8) is 0 Å². The molecule has 0 saturated heterocycles. The van der Waals surface area contributed by atoms with Gasteiger partial charge in [-0.3, -0.25) is 4.79 Å². The minimum absolute atomic E-state index is 0.157. The second-order valence-corrected chi connectivity index (χ2v) is 5.36. The van der Waals surface area contributed by atoms with E-state index in [1.807, 2.05) is 36.4 Å². The molecule has 4 nitrogen and oxygen atoms in total. The number of hydrogen-bond acceptors (Lipinski definition) is 4. The molecular formula is C15H12N2O2S. The van der Waals surface area contributed by atoms with Crippen LogP contribution in [0.15, 0.2) is 58.2 Å². The zero-order chi connectivity index (χ0) is 13.9. The quantitative estimate of drug-likeness (QED) is 0.726. The van der Waals surface area contributed by atoms with Gasteiger partial charge in [0.2, 0.25) is 0 Å². The highest BCUT2D eigenvalue weighted by Crippen LogP contribution is 2.23. The smallest absolute Gasteiger partial charge is 0.271 e. The number of aromatic hydroxyl groups is 1. The summed E-state index contributed by atoms with van der Waals surface area (Å²) in [4.78, 5) is 20.1. The Morgan fingerprint density at radius 1 is 1.10 bits per heavy atom. The third-order valence-electron chi connectivity index (χ3n) is 2.88. The number of H-pyrrole nitrogens is 1. The van der Waals surface area contributed by atoms with Gasteiger partial charge in [0.15, 0.2) is 0 Å². The predicted molar refractivity (Wildman–Crippen MR) is 80.0 cm³/mol. The first kappa shape index (κ1) is 12.7. The van der Waals surface area contributed by atoms with Gasteiger partial charge in [0.05, 0.1) is 11.0 Å². The fourth-order valence-corrected chi connectivity index (χ4v) is 2.69. The van der Waals surface area contributed by atoms with Crippen molar-refractivity contribution in [2.24, 2.45) is 0 Å². The number of thioether (sulfide) groups is 1. The lowest BCUT2D eigenvalue weighted by atomic mass is 10.3. The maximum absolute atomic E-state index is 11.9. The van der Waals surface area contributed by atoms with Gasteiger partial charge in [-0.15, -0.1) is 11.8 Å². The fourth-order valence-electron chi connectivity index (χ4n) is 1.86. The largest absolute Gasteiger partial charge is 0.508 e. The number of benzene rings is 2. The number of nitrogens with zero attached hydrogens (tertiary/aromatic N) is 1. The molecule has 2 aromatic carbocycles. The van der Waals surface area contributed by atoms with Crippen molar-refractivity contribution in [3.05, 3.63) is 64.6 Å². The van der Waals surface area contributed by atoms with Gasteiger partial charge in [0, 0.05) is 10.6 Å². The number of aromatic nitrogens is 2. The third-order valence-corrected chi connectivity index (χ3v) is 3.91. The highest BCUT2D eigenvalue weighted by molar-refractivity contribution is 7.98. The first-order valence-electron chi connectivity index (χ1n) is 6.12. The average molecular weight is 284 g/mol. The Bertz CT molecular complexity index is 797. The zero-order valence-electron chi connectivity index (χ0n) is 10.5. The summed E-state index contributed by atoms with van der Waals surface area (Å²) in [5.74, 6) is 0.723. The first-order valence-corrected chi connectivity index (χ1v) is 7.11. The molecule has 3 rings (SSSR count). The molecule has 0 amide bonds. The van der Waals surface area contributed by atoms with Crippen LogP contribution in [0, 0.1) is 0 Å². The highest BCUT2D eigenvalue weighted by atomic mass is 32.2. The molecule has 1 heterocycles. The van der Waals surface area contributed by atoms with Crippen molar-refractivity contribution in [2.75, 3.05) is 0 Å². The number of nitrogens with one attached hydrogen (secondary N) is 1. The Kier molecular flexibility index (Phi) is 3.43. The summed E-state index contributed by atoms with van der Waals surface area (Å²) in [5.41, 5.74) is 1.88. The van der Waals surface area contributed by atoms with Gasteiger partial charge in [-0.1, -0.05) is 12.1 Å². The molecule has 0 spiro atoms. The van der Waals surface area contributed by atoms with Crippen molar-refractivity contribution < 1.29 is 5.11 Å². The summed E-state index contributed by atoms with van der Waals surface area (Å²) < 4.78 is 0. The number of phenolic OH excluding ortho intramolecular Hbond substituents is 1. The number of para-hydroxylation sites is 2. The molecule has 2 N–H and O–H groups in total. The lowest BCUT2D eigenvalue weighted by Gasteiger charge is -2.03. The molecule has 0 bridgehead atoms. The van der Waals surface area contributed by atoms with E-state index in [0.29, 0.717) is 11.4 Å². The maximum atomic E-state index is 11.9. The number of phenols is 1. The molecule has 100 valence electrons. The summed E-state index contributed by atoms with van der Waals surface area (Å²) in [5, 5.41) is 9.23. The lowest BCUT2D eigenvalue weighted by Crippen LogP contribution is -2.14. The lowest BCUT2D eigenvalue weighted by molar-refractivity contribution is 0.475. The second-order valence-electron chi connectivity index (χ2n) is 4.31. The average Bonchev–Trinajstić information content (AvgIpc) is 2.47. The second kappa shape index (κ2) is 5.38. The Morgan fingerprint density at radius 2 is 1.85 bits per heavy atom. The van der Waals surface area contributed by atoms with Crippen LogP contribution in [0.25, 0.3) is 11.0 Å². The Labute approximate surface area is 119 Å². The van der Waals surface area contributed by atoms with Crippen molar-refractivity contribution >= 4 is 22.8 Å². The minimum Gasteiger partial charge on any atom is -0.508 e. The van der Waals surface area contributed by atoms with Crippen LogP contribution in [0.4, 0.5) is 0 Å². The number of aromatic amines is 1. The van der Waals surface area contributed by atoms with E-state index >= 15 is 0 Å². The number of fused-ring (bicyclic) bond motifs is 1. The van der Waals surface area contributed by atoms with Crippen LogP contribution in [0.2, 0.25) is 0 Å². The highest BCUT2D eigenvalue weighted by Gasteiger charge is 2.05. The fraction of sp³-hybridized carbons (Fsp3) is 0.0667. The van der Waals surface area contributed by atoms with E-state index in [4.69, 9.17) is 0 Å². The van der Waals surface area contributed by atoms with Crippen LogP contribution in [-0.4, -0.2) is 15.1 Å². The van der Waals surface area contributed by atoms with Crippen molar-refractivity contribution in [2.45, 2.75) is 10.6 Å². The first-order chi connectivity index (χ1) is 9.72. The molecule has 0 aliphatic rings. The molecule has 1 aromatic heterocycles. The SMILES string of the molecule is O=c1[nH]c2ccccc2nc1CSc1ccc(O)cc1. The van der Waals surface area contributed by atoms with Crippen LogP contribution in [0.3, 0.4) is 0 Å². The van der Waals surface area contributed by atoms with Crippen LogP contribution in [-0.2, 0) is 5.75 Å². The molecule has 20 heavy (non-hydrogen) atoms. The molecule has 0 atom stereocenters. The van der Waals surface area contributed by atoms with Crippen LogP contribution in [0.1, 0.15) is 5.69 Å². The standard InChI is InChI=1S/C15H12N2O2S/c18-10-5-7-11(8-6-10)20-9-14-15(19)17-13-4-2-1-3-12(13)16-14/h1-8,18H,9H2,(H,17,19). The van der Waals surface area contributed by atoms with Gasteiger partial charge in [0.25, 0.3) is 5.56 Å². The van der Waals surface area contributed by atoms with Crippen molar-refractivity contribution in [3.8, 4) is 5.75 Å². The molecule has 0 unspecified atom stereocenters. The van der Waals surface area contributed by atoms with E-state index in [1.54, 1.807) is 12.1 Å². The molecular weight excluding hydrogens is 272 g/mol. The summed E-state index contributed by atoms with van der Waals surface area (Å²) in [6.07, 6.45) is 0. The van der Waals surface area contributed by atoms with Gasteiger partial charge >= 0.3 is 0 Å². The summed E-state index contributed by atoms with van der Waals surface area (Å²) in [6, 6.07) is 14.3. The van der Waals surface area contributed by atoms with Gasteiger partial charge < -0.3 is 10.1 Å². The van der Waals surface area contributed by atoms with Crippen LogP contribution in [0.5, 0.6) is 5.75 Å². The van der Waals surface area contributed by atoms with E-state index in [2.05, 4.69) is 9.97 Å². The summed E-state index contributed by atoms with van der Waals surface area (Å²) in [7, 11) is 0. The van der Waals surface area contributed by atoms with E-state index in [1.165, 1.54) is 11.8 Å². The molecule has 0 aliphatic heterocycles. The molecule has 0 fully saturated rings. The van der Waals surface area contributed by atoms with E-state index in [-0.39, 0.29) is 11.3 Å². The van der Waals surface area contributed by atoms with Crippen molar-refractivity contribution in [1.82, 2.24) is 9.97 Å². The van der Waals surface area contributed by atoms with E-state index in [0.717, 1.165) is 15.9 Å². The Morgan fingerprint density at radius 3 is 2.65 bits per heavy atom. The topological polar surface area (TPSA) is 66.0 Å². The zero-order valence-corrected chi connectivity index (χ0v) is 11.4. The van der Waals surface area contributed by atoms with Gasteiger partial charge in [0.1, 0.15) is 11.4 Å². The third kappa shape index (κ3) is 2.67. The van der Waals surface area contributed by atoms with Crippen molar-refractivity contribution in [1.29, 1.82) is 0 Å². The van der Waals surface area contributed by atoms with Gasteiger partial charge in [-0.25, -0.2) is 4.98 Å². The molecule has 0 radical (unpaired) electrons. The van der Waals surface area contributed by atoms with E-state index in [9.17, 15) is 9.90 Å². The normalized spacial score (nSPS) is 10.8. The predicted octanol–water partition coefficient (Wildman–Crippen LogP) is 2.92.